The number of fused-ring (bicyclic) bond motifs is 20. The number of aromatic nitrogens is 4. The van der Waals surface area contributed by atoms with E-state index in [-0.39, 0.29) is 5.82 Å². The number of nitrogens with zero attached hydrogens (tertiary/aromatic N) is 4. The highest BCUT2D eigenvalue weighted by Gasteiger charge is 2.31. The number of hydrogen-bond donors (Lipinski definition) is 0. The Balaban J connectivity index is 0.000000105. The van der Waals surface area contributed by atoms with Crippen LogP contribution in [0.1, 0.15) is 37.5 Å². The van der Waals surface area contributed by atoms with Crippen LogP contribution in [0.15, 0.2) is 388 Å². The third kappa shape index (κ3) is 13.7. The largest absolute Gasteiger partial charge is 0.455 e. The monoisotopic (exact) mass is 1650 g/mol. The summed E-state index contributed by atoms with van der Waals surface area (Å²) < 4.78 is 72.5. The van der Waals surface area contributed by atoms with Gasteiger partial charge in [-0.3, -0.25) is 0 Å². The molecule has 0 N–H and O–H groups in total. The number of rotatable bonds is 8. The van der Waals surface area contributed by atoms with E-state index >= 15 is 0 Å². The van der Waals surface area contributed by atoms with E-state index < -0.39 is 6.85 Å². The molecule has 9 heteroatoms. The van der Waals surface area contributed by atoms with Crippen molar-refractivity contribution < 1.29 is 44.4 Å². The number of pyridine rings is 4. The molecule has 0 aliphatic carbocycles. The van der Waals surface area contributed by atoms with Gasteiger partial charge in [-0.25, -0.2) is 22.7 Å². The lowest BCUT2D eigenvalue weighted by molar-refractivity contribution is -0.660. The third-order valence-corrected chi connectivity index (χ3v) is 25.7. The zero-order chi connectivity index (χ0) is 88.9. The molecule has 0 aliphatic rings. The quantitative estimate of drug-likeness (QED) is 0.142. The molecule has 24 rings (SSSR count). The van der Waals surface area contributed by atoms with Crippen LogP contribution in [0.4, 0.5) is 4.39 Å². The molecule has 8 nitrogen and oxygen atoms in total. The van der Waals surface area contributed by atoms with Gasteiger partial charge < -0.3 is 17.7 Å². The first-order chi connectivity index (χ1) is 63.3. The fourth-order valence-corrected chi connectivity index (χ4v) is 19.3. The number of aryl methyl sites for hydroxylation is 10. The van der Waals surface area contributed by atoms with E-state index in [1.165, 1.54) is 99.7 Å². The Bertz CT molecular complexity index is 8390. The van der Waals surface area contributed by atoms with Crippen molar-refractivity contribution in [2.75, 3.05) is 0 Å². The minimum Gasteiger partial charge on any atom is -0.455 e. The van der Waals surface area contributed by atoms with Gasteiger partial charge in [0, 0.05) is 95.2 Å². The molecule has 0 spiro atoms. The summed E-state index contributed by atoms with van der Waals surface area (Å²) in [7, 11) is 8.17. The van der Waals surface area contributed by atoms with Gasteiger partial charge in [-0.05, 0) is 188 Å². The number of hydrogen-bond acceptors (Lipinski definition) is 4. The van der Waals surface area contributed by atoms with Crippen molar-refractivity contribution in [1.29, 1.82) is 0 Å². The van der Waals surface area contributed by atoms with Crippen LogP contribution >= 0.6 is 0 Å². The summed E-state index contributed by atoms with van der Waals surface area (Å²) in [6, 6.07) is 118. The molecule has 0 fully saturated rings. The van der Waals surface area contributed by atoms with Crippen molar-refractivity contribution in [2.45, 2.75) is 41.5 Å². The van der Waals surface area contributed by atoms with Crippen LogP contribution in [-0.2, 0) is 28.2 Å². The third-order valence-electron chi connectivity index (χ3n) is 25.7. The molecule has 0 saturated heterocycles. The maximum atomic E-state index is 13.5. The molecule has 16 aromatic carbocycles. The van der Waals surface area contributed by atoms with E-state index in [0.29, 0.717) is 11.1 Å². The van der Waals surface area contributed by atoms with Crippen LogP contribution in [0.5, 0.6) is 0 Å². The first kappa shape index (κ1) is 75.1. The predicted molar refractivity (Wildman–Crippen MR) is 521 cm³/mol. The Morgan fingerprint density at radius 2 is 0.504 bits per heavy atom. The molecule has 8 heterocycles. The van der Waals surface area contributed by atoms with E-state index in [1.807, 2.05) is 110 Å². The normalized spacial score (nSPS) is 12.0. The van der Waals surface area contributed by atoms with E-state index in [1.54, 1.807) is 6.20 Å². The highest BCUT2D eigenvalue weighted by molar-refractivity contribution is 6.27. The van der Waals surface area contributed by atoms with Gasteiger partial charge in [0.15, 0.2) is 24.8 Å². The summed E-state index contributed by atoms with van der Waals surface area (Å²) in [5, 5.41) is 18.9. The van der Waals surface area contributed by atoms with Crippen LogP contribution in [0.25, 0.3) is 220 Å². The molecule has 127 heavy (non-hydrogen) atoms. The maximum Gasteiger partial charge on any atom is 0.217 e. The number of para-hydroxylation sites is 4. The average Bonchev–Trinajstić information content (AvgIpc) is 1.52. The summed E-state index contributed by atoms with van der Waals surface area (Å²) in [6.45, 7) is 8.58. The van der Waals surface area contributed by atoms with Crippen LogP contribution in [-0.4, -0.2) is 0 Å². The molecule has 0 amide bonds. The van der Waals surface area contributed by atoms with Crippen molar-refractivity contribution in [3.63, 3.8) is 0 Å². The number of halogens is 1. The van der Waals surface area contributed by atoms with Crippen molar-refractivity contribution >= 4 is 131 Å². The van der Waals surface area contributed by atoms with Crippen LogP contribution in [0.3, 0.4) is 0 Å². The lowest BCUT2D eigenvalue weighted by Gasteiger charge is -2.13. The zero-order valence-corrected chi connectivity index (χ0v) is 72.0. The van der Waals surface area contributed by atoms with Gasteiger partial charge >= 0.3 is 0 Å². The lowest BCUT2D eigenvalue weighted by Crippen LogP contribution is -2.31. The Labute approximate surface area is 739 Å². The molecule has 0 saturated carbocycles. The van der Waals surface area contributed by atoms with E-state index in [4.69, 9.17) is 21.8 Å². The minimum atomic E-state index is -2.24. The van der Waals surface area contributed by atoms with Crippen molar-refractivity contribution in [2.24, 2.45) is 28.2 Å². The van der Waals surface area contributed by atoms with Gasteiger partial charge in [-0.15, -0.1) is 0 Å². The van der Waals surface area contributed by atoms with Crippen LogP contribution < -0.4 is 18.3 Å². The van der Waals surface area contributed by atoms with E-state index in [9.17, 15) is 4.39 Å². The second kappa shape index (κ2) is 32.2. The standard InChI is InChI=1S/2C30H24NO.C29H21FNO.C29H22NO/c1-19-12-14-21(15-13-19)22-16-17-31(3)26(18-22)28-20(2)23-8-4-5-9-24(23)29-25-10-6-7-11-27(25)32-30(28)29;1-19-18-31(3)26(17-25(19)21-11-5-4-6-12-21)28-20(2)22-13-7-8-14-23(22)29-24-15-9-10-16-27(24)32-30(28)29;1-18-22-7-3-4-8-23(22)28-24-9-5-6-10-26(24)32-29(28)27(18)25-17-20(15-16-31(25)2)19-11-13-21(30)14-12-19;1-19-22-12-6-7-13-23(22)28-24-14-8-9-15-26(24)31-29(28)27(19)25-18-21(16-17-30(25)2)20-10-4-3-5-11-20/h2*4-18H,1-3H3;3-17H,1-2H3;3-18H,1-2H3/q4*+1/i;1D3;;. The van der Waals surface area contributed by atoms with Gasteiger partial charge in [0.05, 0.1) is 22.3 Å². The molecule has 24 aromatic rings. The summed E-state index contributed by atoms with van der Waals surface area (Å²) in [5.41, 5.74) is 30.6. The first-order valence-corrected chi connectivity index (χ1v) is 43.1. The zero-order valence-electron chi connectivity index (χ0n) is 75.0. The molecule has 0 bridgehead atoms. The summed E-state index contributed by atoms with van der Waals surface area (Å²) in [6.07, 6.45) is 8.08. The average molecular weight is 1650 g/mol. The molecule has 610 valence electrons. The predicted octanol–water partition coefficient (Wildman–Crippen LogP) is 29.6. The Morgan fingerprint density at radius 3 is 0.819 bits per heavy atom. The van der Waals surface area contributed by atoms with Gasteiger partial charge in [-0.2, -0.15) is 0 Å². The Morgan fingerprint density at radius 1 is 0.244 bits per heavy atom. The van der Waals surface area contributed by atoms with Crippen LogP contribution in [0.2, 0.25) is 0 Å². The molecule has 0 atom stereocenters. The van der Waals surface area contributed by atoms with Gasteiger partial charge in [0.1, 0.15) is 78.7 Å². The second-order valence-electron chi connectivity index (χ2n) is 33.3. The molecule has 8 aromatic heterocycles. The number of furan rings is 4. The van der Waals surface area contributed by atoms with Crippen LogP contribution in [0, 0.1) is 47.3 Å². The number of benzene rings is 16. The van der Waals surface area contributed by atoms with E-state index in [0.717, 1.165) is 155 Å². The van der Waals surface area contributed by atoms with Crippen molar-refractivity contribution in [3.8, 4) is 89.5 Å². The van der Waals surface area contributed by atoms with Crippen molar-refractivity contribution in [3.05, 3.63) is 410 Å². The summed E-state index contributed by atoms with van der Waals surface area (Å²) >= 11 is 0. The first-order valence-electron chi connectivity index (χ1n) is 44.6. The summed E-state index contributed by atoms with van der Waals surface area (Å²) in [4.78, 5) is 0. The fraction of sp³-hybridized carbons (Fsp3) is 0.0847. The Hall–Kier alpha value is -15.7. The van der Waals surface area contributed by atoms with Crippen molar-refractivity contribution in [1.82, 2.24) is 0 Å². The molecular formula is C118H91FN4O4+4. The molecule has 0 aliphatic heterocycles. The molecule has 0 radical (unpaired) electrons. The summed E-state index contributed by atoms with van der Waals surface area (Å²) in [5.74, 6) is -0.232. The SMILES string of the molecule is Cc1c(-c2cc(-c3ccc(F)cc3)cc[n+]2C)c2oc3ccccc3c2c2ccccc12.Cc1c(-c2cc(-c3ccccc3)cc[n+]2C)c2oc3ccccc3c2c2ccccc12.Cc1ccc(-c2cc[n+](C)c(-c3c(C)c4ccccc4c4c3oc3ccccc34)c2)cc1.[2H]C([2H])([2H])c1c[n+](C)c(-c2c(C)c3ccccc3c3c2oc2ccccc23)cc1-c1ccccc1. The fourth-order valence-electron chi connectivity index (χ4n) is 19.3. The highest BCUT2D eigenvalue weighted by Crippen LogP contribution is 2.49. The topological polar surface area (TPSA) is 68.1 Å². The smallest absolute Gasteiger partial charge is 0.217 e. The highest BCUT2D eigenvalue weighted by atomic mass is 19.1. The Kier molecular flexibility index (Phi) is 19.0. The van der Waals surface area contributed by atoms with E-state index in [2.05, 4.69) is 324 Å². The maximum absolute atomic E-state index is 13.5. The van der Waals surface area contributed by atoms with Gasteiger partial charge in [0.25, 0.3) is 0 Å². The van der Waals surface area contributed by atoms with Gasteiger partial charge in [-0.1, -0.05) is 272 Å². The van der Waals surface area contributed by atoms with Gasteiger partial charge in [0.2, 0.25) is 22.8 Å². The lowest BCUT2D eigenvalue weighted by atomic mass is 9.91. The molecule has 0 unspecified atom stereocenters. The second-order valence-corrected chi connectivity index (χ2v) is 33.3. The molecular weight excluding hydrogens is 1560 g/mol. The minimum absolute atomic E-state index is 0.232.